The second kappa shape index (κ2) is 11.0. The molecule has 0 bridgehead atoms. The summed E-state index contributed by atoms with van der Waals surface area (Å²) in [6, 6.07) is 19.7. The summed E-state index contributed by atoms with van der Waals surface area (Å²) in [4.78, 5) is 25.6. The highest BCUT2D eigenvalue weighted by atomic mass is 16.5. The van der Waals surface area contributed by atoms with E-state index in [0.29, 0.717) is 34.2 Å². The number of nitrogens with one attached hydrogen (secondary N) is 2. The first-order valence-electron chi connectivity index (χ1n) is 11.3. The predicted octanol–water partition coefficient (Wildman–Crippen LogP) is 5.66. The molecule has 35 heavy (non-hydrogen) atoms. The van der Waals surface area contributed by atoms with Crippen LogP contribution in [-0.2, 0) is 10.2 Å². The van der Waals surface area contributed by atoms with Crippen molar-refractivity contribution in [3.8, 4) is 17.2 Å². The van der Waals surface area contributed by atoms with Crippen molar-refractivity contribution in [3.05, 3.63) is 77.9 Å². The van der Waals surface area contributed by atoms with Gasteiger partial charge in [0.15, 0.2) is 6.10 Å². The Morgan fingerprint density at radius 3 is 1.89 bits per heavy atom. The van der Waals surface area contributed by atoms with Crippen LogP contribution in [0, 0.1) is 0 Å². The summed E-state index contributed by atoms with van der Waals surface area (Å²) in [6.45, 7) is 7.96. The molecule has 7 heteroatoms. The van der Waals surface area contributed by atoms with Crippen molar-refractivity contribution < 1.29 is 23.8 Å². The summed E-state index contributed by atoms with van der Waals surface area (Å²) in [5, 5.41) is 5.67. The SMILES string of the molecule is COc1cc(NC(=O)C(C)Oc2ccccc2C(C)(C)C)c(OC)cc1NC(=O)c1ccccc1. The van der Waals surface area contributed by atoms with Crippen molar-refractivity contribution >= 4 is 23.2 Å². The fourth-order valence-electron chi connectivity index (χ4n) is 3.54. The van der Waals surface area contributed by atoms with Gasteiger partial charge in [-0.2, -0.15) is 0 Å². The number of rotatable bonds is 8. The third-order valence-electron chi connectivity index (χ3n) is 5.43. The van der Waals surface area contributed by atoms with Gasteiger partial charge in [-0.3, -0.25) is 9.59 Å². The van der Waals surface area contributed by atoms with Crippen molar-refractivity contribution in [3.63, 3.8) is 0 Å². The summed E-state index contributed by atoms with van der Waals surface area (Å²) >= 11 is 0. The molecule has 184 valence electrons. The minimum Gasteiger partial charge on any atom is -0.494 e. The highest BCUT2D eigenvalue weighted by Gasteiger charge is 2.23. The van der Waals surface area contributed by atoms with Gasteiger partial charge < -0.3 is 24.8 Å². The molecule has 3 aromatic rings. The topological polar surface area (TPSA) is 85.9 Å². The molecule has 0 saturated heterocycles. The molecule has 0 aromatic heterocycles. The first-order chi connectivity index (χ1) is 16.6. The summed E-state index contributed by atoms with van der Waals surface area (Å²) in [6.07, 6.45) is -0.772. The number of carbonyl (C=O) groups excluding carboxylic acids is 2. The van der Waals surface area contributed by atoms with Crippen LogP contribution in [0.3, 0.4) is 0 Å². The maximum absolute atomic E-state index is 13.0. The third kappa shape index (κ3) is 6.32. The zero-order valence-corrected chi connectivity index (χ0v) is 21.0. The number of para-hydroxylation sites is 1. The van der Waals surface area contributed by atoms with E-state index in [0.717, 1.165) is 5.56 Å². The molecule has 0 aliphatic rings. The molecule has 0 aliphatic carbocycles. The molecule has 1 unspecified atom stereocenters. The minimum absolute atomic E-state index is 0.136. The van der Waals surface area contributed by atoms with Gasteiger partial charge in [0.05, 0.1) is 25.6 Å². The second-order valence-electron chi connectivity index (χ2n) is 9.07. The third-order valence-corrected chi connectivity index (χ3v) is 5.43. The molecule has 7 nitrogen and oxygen atoms in total. The zero-order valence-electron chi connectivity index (χ0n) is 21.0. The van der Waals surface area contributed by atoms with Gasteiger partial charge in [-0.05, 0) is 36.1 Å². The van der Waals surface area contributed by atoms with Crippen LogP contribution in [0.25, 0.3) is 0 Å². The zero-order chi connectivity index (χ0) is 25.6. The maximum Gasteiger partial charge on any atom is 0.265 e. The predicted molar refractivity (Wildman–Crippen MR) is 138 cm³/mol. The molecule has 2 amide bonds. The first-order valence-corrected chi connectivity index (χ1v) is 11.3. The molecular formula is C28H32N2O5. The highest BCUT2D eigenvalue weighted by molar-refractivity contribution is 6.05. The highest BCUT2D eigenvalue weighted by Crippen LogP contribution is 2.37. The van der Waals surface area contributed by atoms with E-state index in [1.54, 1.807) is 43.3 Å². The summed E-state index contributed by atoms with van der Waals surface area (Å²) in [5.41, 5.74) is 2.19. The maximum atomic E-state index is 13.0. The van der Waals surface area contributed by atoms with Gasteiger partial charge in [-0.1, -0.05) is 57.2 Å². The normalized spacial score (nSPS) is 11.8. The van der Waals surface area contributed by atoms with Crippen LogP contribution >= 0.6 is 0 Å². The van der Waals surface area contributed by atoms with Crippen molar-refractivity contribution in [2.45, 2.75) is 39.2 Å². The Balaban J connectivity index is 1.80. The van der Waals surface area contributed by atoms with E-state index in [4.69, 9.17) is 14.2 Å². The first kappa shape index (κ1) is 25.6. The fraction of sp³-hybridized carbons (Fsp3) is 0.286. The molecule has 3 aromatic carbocycles. The van der Waals surface area contributed by atoms with Gasteiger partial charge in [-0.25, -0.2) is 0 Å². The lowest BCUT2D eigenvalue weighted by Crippen LogP contribution is -2.31. The van der Waals surface area contributed by atoms with Gasteiger partial charge in [0, 0.05) is 17.7 Å². The standard InChI is InChI=1S/C28H32N2O5/c1-18(35-23-15-11-10-14-20(23)28(2,3)4)26(31)29-21-16-25(34-6)22(17-24(21)33-5)30-27(32)19-12-8-7-9-13-19/h7-18H,1-6H3,(H,29,31)(H,30,32). The van der Waals surface area contributed by atoms with E-state index >= 15 is 0 Å². The molecule has 0 spiro atoms. The molecule has 2 N–H and O–H groups in total. The Bertz CT molecular complexity index is 1190. The van der Waals surface area contributed by atoms with Gasteiger partial charge >= 0.3 is 0 Å². The summed E-state index contributed by atoms with van der Waals surface area (Å²) < 4.78 is 17.0. The molecule has 0 fully saturated rings. The lowest BCUT2D eigenvalue weighted by molar-refractivity contribution is -0.122. The molecule has 0 radical (unpaired) electrons. The van der Waals surface area contributed by atoms with Gasteiger partial charge in [-0.15, -0.1) is 0 Å². The van der Waals surface area contributed by atoms with Crippen LogP contribution in [0.5, 0.6) is 17.2 Å². The molecule has 0 heterocycles. The second-order valence-corrected chi connectivity index (χ2v) is 9.07. The fourth-order valence-corrected chi connectivity index (χ4v) is 3.54. The monoisotopic (exact) mass is 476 g/mol. The van der Waals surface area contributed by atoms with Crippen LogP contribution in [0.4, 0.5) is 11.4 Å². The largest absolute Gasteiger partial charge is 0.494 e. The molecule has 0 aliphatic heterocycles. The van der Waals surface area contributed by atoms with Gasteiger partial charge in [0.25, 0.3) is 11.8 Å². The van der Waals surface area contributed by atoms with Crippen LogP contribution in [0.2, 0.25) is 0 Å². The van der Waals surface area contributed by atoms with Crippen LogP contribution in [0.1, 0.15) is 43.6 Å². The van der Waals surface area contributed by atoms with Crippen molar-refractivity contribution in [1.82, 2.24) is 0 Å². The molecule has 0 saturated carbocycles. The number of hydrogen-bond acceptors (Lipinski definition) is 5. The van der Waals surface area contributed by atoms with E-state index in [2.05, 4.69) is 31.4 Å². The molecular weight excluding hydrogens is 444 g/mol. The van der Waals surface area contributed by atoms with E-state index in [-0.39, 0.29) is 17.2 Å². The minimum atomic E-state index is -0.772. The lowest BCUT2D eigenvalue weighted by atomic mass is 9.86. The van der Waals surface area contributed by atoms with Crippen molar-refractivity contribution in [2.75, 3.05) is 24.9 Å². The molecule has 1 atom stereocenters. The van der Waals surface area contributed by atoms with Crippen LogP contribution in [0.15, 0.2) is 66.7 Å². The van der Waals surface area contributed by atoms with Crippen LogP contribution < -0.4 is 24.8 Å². The van der Waals surface area contributed by atoms with Crippen molar-refractivity contribution in [2.24, 2.45) is 0 Å². The number of benzene rings is 3. The number of hydrogen-bond donors (Lipinski definition) is 2. The van der Waals surface area contributed by atoms with Crippen molar-refractivity contribution in [1.29, 1.82) is 0 Å². The van der Waals surface area contributed by atoms with E-state index in [9.17, 15) is 9.59 Å². The lowest BCUT2D eigenvalue weighted by Gasteiger charge is -2.24. The smallest absolute Gasteiger partial charge is 0.265 e. The number of ether oxygens (including phenoxy) is 3. The number of amides is 2. The number of carbonyl (C=O) groups is 2. The quantitative estimate of drug-likeness (QED) is 0.438. The van der Waals surface area contributed by atoms with Gasteiger partial charge in [0.2, 0.25) is 0 Å². The molecule has 3 rings (SSSR count). The van der Waals surface area contributed by atoms with E-state index in [1.807, 2.05) is 30.3 Å². The average Bonchev–Trinajstić information content (AvgIpc) is 2.84. The van der Waals surface area contributed by atoms with Crippen LogP contribution in [-0.4, -0.2) is 32.1 Å². The van der Waals surface area contributed by atoms with E-state index in [1.165, 1.54) is 14.2 Å². The number of methoxy groups -OCH3 is 2. The Labute approximate surface area is 206 Å². The van der Waals surface area contributed by atoms with Gasteiger partial charge in [0.1, 0.15) is 17.2 Å². The average molecular weight is 477 g/mol. The summed E-state index contributed by atoms with van der Waals surface area (Å²) in [5.74, 6) is 0.755. The Hall–Kier alpha value is -4.00. The Morgan fingerprint density at radius 1 is 0.771 bits per heavy atom. The van der Waals surface area contributed by atoms with E-state index < -0.39 is 6.10 Å². The number of anilines is 2. The Morgan fingerprint density at radius 2 is 1.31 bits per heavy atom. The Kier molecular flexibility index (Phi) is 8.02. The summed E-state index contributed by atoms with van der Waals surface area (Å²) in [7, 11) is 2.97.